The smallest absolute Gasteiger partial charge is 0.326 e. The van der Waals surface area contributed by atoms with Gasteiger partial charge in [-0.15, -0.1) is 0 Å². The molecular weight excluding hydrogens is 606 g/mol. The molecule has 1 aliphatic heterocycles. The molecule has 1 aromatic rings. The van der Waals surface area contributed by atoms with Crippen LogP contribution in [-0.2, 0) is 50.1 Å². The van der Waals surface area contributed by atoms with E-state index in [1.165, 1.54) is 14.0 Å². The summed E-state index contributed by atoms with van der Waals surface area (Å²) in [6.45, 7) is 2.36. The third-order valence-electron chi connectivity index (χ3n) is 9.64. The number of carboxylic acids is 2. The molecule has 5 rings (SSSR count). The Morgan fingerprint density at radius 3 is 2.50 bits per heavy atom. The molecule has 1 saturated carbocycles. The van der Waals surface area contributed by atoms with Crippen molar-refractivity contribution in [3.8, 4) is 11.5 Å². The molecule has 248 valence electrons. The highest BCUT2D eigenvalue weighted by Gasteiger charge is 2.71. The summed E-state index contributed by atoms with van der Waals surface area (Å²) in [5.74, 6) is -6.68. The normalized spacial score (nSPS) is 27.0. The fourth-order valence-corrected chi connectivity index (χ4v) is 7.63. The minimum atomic E-state index is -1.77. The van der Waals surface area contributed by atoms with E-state index < -0.39 is 90.0 Å². The van der Waals surface area contributed by atoms with Gasteiger partial charge in [-0.25, -0.2) is 4.79 Å². The Morgan fingerprint density at radius 2 is 1.85 bits per heavy atom. The quantitative estimate of drug-likeness (QED) is 0.225. The zero-order valence-corrected chi connectivity index (χ0v) is 25.7. The van der Waals surface area contributed by atoms with E-state index in [9.17, 15) is 39.0 Å². The number of aliphatic carboxylic acids is 2. The summed E-state index contributed by atoms with van der Waals surface area (Å²) in [5, 5.41) is 32.3. The number of esters is 2. The van der Waals surface area contributed by atoms with Gasteiger partial charge in [0.05, 0.1) is 36.9 Å². The Bertz CT molecular complexity index is 1520. The number of benzene rings is 1. The maximum atomic E-state index is 13.3. The van der Waals surface area contributed by atoms with E-state index in [1.807, 2.05) is 17.4 Å². The van der Waals surface area contributed by atoms with Crippen LogP contribution >= 0.6 is 0 Å². The van der Waals surface area contributed by atoms with Crippen molar-refractivity contribution in [1.82, 2.24) is 5.32 Å². The van der Waals surface area contributed by atoms with Gasteiger partial charge in [0.1, 0.15) is 17.6 Å². The Kier molecular flexibility index (Phi) is 8.86. The standard InChI is InChI=1S/C32H37NO13/c1-15(34)11-18(30(41)44-16(2)28(38)33-20(29(39)40)14-23(35)36)13-24(37)45-22-8-10-32(42)19-5-4-9-31(32)25-17(12-19)6-7-21(43-3)26(25)46-27(22)31/h6-8,16,18-20,27,42H,4-5,9-14H2,1-3H3,(H,33,38)(H,35,36)(H,39,40)/t16-,18-,19-,20+,27+,31+,32-/m0/s1. The summed E-state index contributed by atoms with van der Waals surface area (Å²) >= 11 is 0. The van der Waals surface area contributed by atoms with Crippen LogP contribution in [0.15, 0.2) is 24.0 Å². The van der Waals surface area contributed by atoms with Crippen LogP contribution in [0.5, 0.6) is 11.5 Å². The average Bonchev–Trinajstić information content (AvgIpc) is 3.32. The molecule has 0 saturated heterocycles. The summed E-state index contributed by atoms with van der Waals surface area (Å²) in [5.41, 5.74) is -0.0682. The van der Waals surface area contributed by atoms with Crippen LogP contribution < -0.4 is 14.8 Å². The van der Waals surface area contributed by atoms with E-state index in [1.54, 1.807) is 6.08 Å². The lowest BCUT2D eigenvalue weighted by molar-refractivity contribution is -0.165. The second kappa shape index (κ2) is 12.4. The number of hydrogen-bond donors (Lipinski definition) is 4. The number of Topliss-reactive ketones (excluding diaryl/α,β-unsaturated/α-hetero) is 1. The van der Waals surface area contributed by atoms with Crippen LogP contribution in [0.2, 0.25) is 0 Å². The molecule has 4 aliphatic rings. The van der Waals surface area contributed by atoms with Crippen molar-refractivity contribution >= 4 is 35.6 Å². The van der Waals surface area contributed by atoms with Crippen molar-refractivity contribution in [2.24, 2.45) is 11.8 Å². The van der Waals surface area contributed by atoms with Crippen LogP contribution in [0.3, 0.4) is 0 Å². The first-order valence-corrected chi connectivity index (χ1v) is 15.2. The van der Waals surface area contributed by atoms with Crippen molar-refractivity contribution in [3.05, 3.63) is 35.1 Å². The maximum absolute atomic E-state index is 13.3. The first kappa shape index (κ1) is 32.9. The van der Waals surface area contributed by atoms with Crippen LogP contribution in [0.4, 0.5) is 0 Å². The van der Waals surface area contributed by atoms with Crippen molar-refractivity contribution in [3.63, 3.8) is 0 Å². The minimum absolute atomic E-state index is 0.0171. The van der Waals surface area contributed by atoms with E-state index in [0.29, 0.717) is 24.3 Å². The number of carboxylic acid groups (broad SMARTS) is 2. The van der Waals surface area contributed by atoms with Gasteiger partial charge < -0.3 is 44.4 Å². The van der Waals surface area contributed by atoms with Gasteiger partial charge in [0.25, 0.3) is 5.91 Å². The number of aliphatic hydroxyl groups is 1. The number of rotatable bonds is 13. The Hall–Kier alpha value is -4.46. The maximum Gasteiger partial charge on any atom is 0.326 e. The Balaban J connectivity index is 1.31. The van der Waals surface area contributed by atoms with E-state index in [2.05, 4.69) is 0 Å². The van der Waals surface area contributed by atoms with Gasteiger partial charge in [0.2, 0.25) is 0 Å². The van der Waals surface area contributed by atoms with Gasteiger partial charge in [-0.1, -0.05) is 12.5 Å². The number of carbonyl (C=O) groups excluding carboxylic acids is 4. The monoisotopic (exact) mass is 643 g/mol. The molecule has 7 atom stereocenters. The second-order valence-corrected chi connectivity index (χ2v) is 12.5. The molecular formula is C32H37NO13. The van der Waals surface area contributed by atoms with Gasteiger partial charge in [-0.2, -0.15) is 0 Å². The lowest BCUT2D eigenvalue weighted by atomic mass is 9.47. The van der Waals surface area contributed by atoms with E-state index >= 15 is 0 Å². The largest absolute Gasteiger partial charge is 0.493 e. The highest BCUT2D eigenvalue weighted by atomic mass is 16.6. The first-order valence-electron chi connectivity index (χ1n) is 15.2. The minimum Gasteiger partial charge on any atom is -0.493 e. The predicted molar refractivity (Wildman–Crippen MR) is 155 cm³/mol. The molecule has 3 aliphatic carbocycles. The van der Waals surface area contributed by atoms with Crippen LogP contribution in [0.25, 0.3) is 0 Å². The zero-order chi connectivity index (χ0) is 33.6. The number of ether oxygens (including phenoxy) is 4. The lowest BCUT2D eigenvalue weighted by Gasteiger charge is -2.59. The number of nitrogens with one attached hydrogen (secondary N) is 1. The number of carbonyl (C=O) groups is 6. The van der Waals surface area contributed by atoms with Gasteiger partial charge in [-0.3, -0.25) is 19.2 Å². The van der Waals surface area contributed by atoms with Crippen molar-refractivity contribution in [2.75, 3.05) is 7.11 Å². The van der Waals surface area contributed by atoms with Crippen LogP contribution in [-0.4, -0.2) is 81.8 Å². The molecule has 1 spiro atoms. The van der Waals surface area contributed by atoms with Gasteiger partial charge in [-0.05, 0) is 63.2 Å². The summed E-state index contributed by atoms with van der Waals surface area (Å²) in [6, 6.07) is 2.05. The van der Waals surface area contributed by atoms with E-state index in [-0.39, 0.29) is 18.1 Å². The summed E-state index contributed by atoms with van der Waals surface area (Å²) in [6.07, 6.45) is 0.535. The lowest BCUT2D eigenvalue weighted by Crippen LogP contribution is -2.67. The van der Waals surface area contributed by atoms with E-state index in [0.717, 1.165) is 30.9 Å². The molecule has 14 nitrogen and oxygen atoms in total. The fourth-order valence-electron chi connectivity index (χ4n) is 7.63. The van der Waals surface area contributed by atoms with Crippen molar-refractivity contribution < 1.29 is 63.0 Å². The molecule has 1 heterocycles. The Morgan fingerprint density at radius 1 is 1.11 bits per heavy atom. The second-order valence-electron chi connectivity index (χ2n) is 12.5. The van der Waals surface area contributed by atoms with Crippen molar-refractivity contribution in [2.45, 2.75) is 94.5 Å². The molecule has 1 fully saturated rings. The topological polar surface area (TPSA) is 212 Å². The number of hydrogen-bond acceptors (Lipinski definition) is 11. The average molecular weight is 644 g/mol. The molecule has 0 unspecified atom stereocenters. The molecule has 0 radical (unpaired) electrons. The molecule has 1 amide bonds. The predicted octanol–water partition coefficient (Wildman–Crippen LogP) is 1.57. The van der Waals surface area contributed by atoms with Crippen molar-refractivity contribution in [1.29, 1.82) is 0 Å². The summed E-state index contributed by atoms with van der Waals surface area (Å²) < 4.78 is 23.0. The third-order valence-corrected chi connectivity index (χ3v) is 9.64. The Labute approximate surface area is 264 Å². The number of amides is 1. The number of ketones is 1. The van der Waals surface area contributed by atoms with Gasteiger partial charge in [0.15, 0.2) is 23.7 Å². The fraction of sp³-hybridized carbons (Fsp3) is 0.562. The third kappa shape index (κ3) is 5.59. The SMILES string of the molecule is COc1ccc2c3c1O[C@@H]1C(OC(=O)C[C@H](CC(C)=O)C(=O)O[C@@H](C)C(=O)N[C@H](CC(=O)O)C(=O)O)=CC[C@]4(O)[C@@H](CCC[C@@]314)C2. The molecule has 0 aromatic heterocycles. The molecule has 14 heteroatoms. The van der Waals surface area contributed by atoms with Gasteiger partial charge in [0, 0.05) is 12.0 Å². The summed E-state index contributed by atoms with van der Waals surface area (Å²) in [4.78, 5) is 73.0. The highest BCUT2D eigenvalue weighted by molar-refractivity contribution is 5.91. The van der Waals surface area contributed by atoms with Crippen LogP contribution in [0.1, 0.15) is 69.9 Å². The van der Waals surface area contributed by atoms with Crippen LogP contribution in [0, 0.1) is 11.8 Å². The molecule has 46 heavy (non-hydrogen) atoms. The molecule has 2 bridgehead atoms. The molecule has 1 aromatic carbocycles. The summed E-state index contributed by atoms with van der Waals surface area (Å²) in [7, 11) is 1.52. The first-order chi connectivity index (χ1) is 21.7. The van der Waals surface area contributed by atoms with Gasteiger partial charge >= 0.3 is 23.9 Å². The molecule has 4 N–H and O–H groups in total. The highest BCUT2D eigenvalue weighted by Crippen LogP contribution is 2.67. The zero-order valence-electron chi connectivity index (χ0n) is 25.7. The number of methoxy groups -OCH3 is 1. The van der Waals surface area contributed by atoms with E-state index in [4.69, 9.17) is 24.1 Å².